The molecule has 0 N–H and O–H groups in total. The normalized spacial score (nSPS) is 20.3. The molecule has 0 aliphatic carbocycles. The Morgan fingerprint density at radius 1 is 1.19 bits per heavy atom. The van der Waals surface area contributed by atoms with Crippen molar-refractivity contribution in [3.05, 3.63) is 81.9 Å². The second-order valence-corrected chi connectivity index (χ2v) is 6.32. The zero-order valence-electron chi connectivity index (χ0n) is 14.5. The molecule has 2 atom stereocenters. The van der Waals surface area contributed by atoms with Gasteiger partial charge in [-0.05, 0) is 24.0 Å². The van der Waals surface area contributed by atoms with Crippen LogP contribution in [0.1, 0.15) is 29.9 Å². The van der Waals surface area contributed by atoms with E-state index in [2.05, 4.69) is 0 Å². The van der Waals surface area contributed by atoms with Crippen LogP contribution in [0.15, 0.2) is 65.7 Å². The summed E-state index contributed by atoms with van der Waals surface area (Å²) in [6, 6.07) is 18.6. The van der Waals surface area contributed by atoms with Crippen LogP contribution in [0.4, 0.5) is 0 Å². The molecule has 0 fully saturated rings. The van der Waals surface area contributed by atoms with Gasteiger partial charge in [0, 0.05) is 10.6 Å². The molecule has 0 aromatic heterocycles. The molecule has 2 aromatic carbocycles. The van der Waals surface area contributed by atoms with E-state index in [1.54, 1.807) is 12.1 Å². The van der Waals surface area contributed by atoms with Crippen LogP contribution < -0.4 is 0 Å². The van der Waals surface area contributed by atoms with Crippen LogP contribution in [0.25, 0.3) is 0 Å². The van der Waals surface area contributed by atoms with Gasteiger partial charge in [-0.3, -0.25) is 15.1 Å². The van der Waals surface area contributed by atoms with E-state index in [9.17, 15) is 14.9 Å². The number of rotatable bonds is 6. The van der Waals surface area contributed by atoms with Crippen LogP contribution >= 0.6 is 0 Å². The first-order valence-electron chi connectivity index (χ1n) is 8.46. The highest BCUT2D eigenvalue weighted by atomic mass is 16.6. The predicted octanol–water partition coefficient (Wildman–Crippen LogP) is 3.24. The van der Waals surface area contributed by atoms with Gasteiger partial charge in [-0.1, -0.05) is 60.7 Å². The van der Waals surface area contributed by atoms with Crippen molar-refractivity contribution in [2.75, 3.05) is 13.7 Å². The number of carbonyl (C=O) groups excluding carboxylic acids is 1. The lowest BCUT2D eigenvalue weighted by atomic mass is 9.77. The van der Waals surface area contributed by atoms with Crippen molar-refractivity contribution in [3.63, 3.8) is 0 Å². The van der Waals surface area contributed by atoms with Gasteiger partial charge in [0.15, 0.2) is 5.54 Å². The number of aliphatic imine (C=N–C) groups is 1. The molecule has 0 bridgehead atoms. The number of esters is 1. The third kappa shape index (κ3) is 3.35. The molecule has 134 valence electrons. The largest absolute Gasteiger partial charge is 0.467 e. The van der Waals surface area contributed by atoms with Gasteiger partial charge in [-0.25, -0.2) is 4.79 Å². The highest BCUT2D eigenvalue weighted by molar-refractivity contribution is 6.05. The molecule has 6 nitrogen and oxygen atoms in total. The maximum atomic E-state index is 12.8. The Balaban J connectivity index is 2.11. The zero-order chi connectivity index (χ0) is 18.6. The fourth-order valence-corrected chi connectivity index (χ4v) is 3.59. The number of hydrogen-bond donors (Lipinski definition) is 0. The maximum Gasteiger partial charge on any atom is 0.334 e. The smallest absolute Gasteiger partial charge is 0.334 e. The van der Waals surface area contributed by atoms with Crippen LogP contribution in [0.2, 0.25) is 0 Å². The quantitative estimate of drug-likeness (QED) is 0.454. The lowest BCUT2D eigenvalue weighted by Crippen LogP contribution is -2.44. The second-order valence-electron chi connectivity index (χ2n) is 6.32. The fraction of sp³-hybridized carbons (Fsp3) is 0.300. The van der Waals surface area contributed by atoms with Gasteiger partial charge >= 0.3 is 5.97 Å². The van der Waals surface area contributed by atoms with Crippen LogP contribution in [0, 0.1) is 10.1 Å². The van der Waals surface area contributed by atoms with Crippen molar-refractivity contribution >= 4 is 11.7 Å². The molecule has 0 radical (unpaired) electrons. The number of nitrogens with zero attached hydrogens (tertiary/aromatic N) is 2. The monoisotopic (exact) mass is 352 g/mol. The molecule has 3 rings (SSSR count). The molecule has 0 unspecified atom stereocenters. The van der Waals surface area contributed by atoms with Gasteiger partial charge in [0.05, 0.1) is 13.0 Å². The summed E-state index contributed by atoms with van der Waals surface area (Å²) in [7, 11) is 1.30. The first-order chi connectivity index (χ1) is 12.6. The Bertz CT molecular complexity index is 820. The summed E-state index contributed by atoms with van der Waals surface area (Å²) in [5.74, 6) is -1.22. The van der Waals surface area contributed by atoms with Gasteiger partial charge in [0.2, 0.25) is 6.54 Å². The maximum absolute atomic E-state index is 12.8. The van der Waals surface area contributed by atoms with Gasteiger partial charge in [-0.15, -0.1) is 0 Å². The minimum atomic E-state index is -1.28. The van der Waals surface area contributed by atoms with Crippen molar-refractivity contribution in [1.82, 2.24) is 0 Å². The molecule has 1 aliphatic heterocycles. The summed E-state index contributed by atoms with van der Waals surface area (Å²) in [6.07, 6.45) is 0.956. The predicted molar refractivity (Wildman–Crippen MR) is 98.0 cm³/mol. The number of methoxy groups -OCH3 is 1. The molecule has 26 heavy (non-hydrogen) atoms. The van der Waals surface area contributed by atoms with E-state index in [0.717, 1.165) is 11.3 Å². The van der Waals surface area contributed by atoms with Crippen molar-refractivity contribution in [3.8, 4) is 0 Å². The minimum Gasteiger partial charge on any atom is -0.467 e. The zero-order valence-corrected chi connectivity index (χ0v) is 14.5. The molecule has 6 heteroatoms. The molecule has 1 heterocycles. The lowest BCUT2D eigenvalue weighted by Gasteiger charge is -2.30. The van der Waals surface area contributed by atoms with Crippen LogP contribution in [-0.2, 0) is 9.53 Å². The number of ether oxygens (including phenoxy) is 1. The highest BCUT2D eigenvalue weighted by Crippen LogP contribution is 2.41. The van der Waals surface area contributed by atoms with E-state index in [-0.39, 0.29) is 6.54 Å². The van der Waals surface area contributed by atoms with E-state index >= 15 is 0 Å². The Kier molecular flexibility index (Phi) is 5.11. The number of benzene rings is 2. The van der Waals surface area contributed by atoms with E-state index in [1.165, 1.54) is 7.11 Å². The van der Waals surface area contributed by atoms with Crippen molar-refractivity contribution in [2.45, 2.75) is 24.3 Å². The summed E-state index contributed by atoms with van der Waals surface area (Å²) < 4.78 is 5.04. The standard InChI is InChI=1S/C20H20N2O4/c1-26-19(23)20(13-12-18(21-20)16-10-6-3-7-11-16)17(14-22(24)25)15-8-4-2-5-9-15/h2-11,17H,12-14H2,1H3/t17-,20+/m1/s1. The summed E-state index contributed by atoms with van der Waals surface area (Å²) in [6.45, 7) is -0.384. The molecule has 0 spiro atoms. The first-order valence-corrected chi connectivity index (χ1v) is 8.46. The Hall–Kier alpha value is -3.02. The molecule has 0 amide bonds. The summed E-state index contributed by atoms with van der Waals surface area (Å²) in [5, 5.41) is 11.3. The molecule has 2 aromatic rings. The minimum absolute atomic E-state index is 0.384. The van der Waals surface area contributed by atoms with Crippen LogP contribution in [-0.4, -0.2) is 35.8 Å². The summed E-state index contributed by atoms with van der Waals surface area (Å²) in [5.41, 5.74) is 1.13. The SMILES string of the molecule is COC(=O)[C@@]1([C@H](C[N+](=O)[O-])c2ccccc2)CCC(c2ccccc2)=N1. The fourth-order valence-electron chi connectivity index (χ4n) is 3.59. The lowest BCUT2D eigenvalue weighted by molar-refractivity contribution is -0.484. The average Bonchev–Trinajstić information content (AvgIpc) is 3.13. The van der Waals surface area contributed by atoms with Crippen LogP contribution in [0.5, 0.6) is 0 Å². The topological polar surface area (TPSA) is 81.8 Å². The Labute approximate surface area is 151 Å². The van der Waals surface area contributed by atoms with E-state index < -0.39 is 22.3 Å². The van der Waals surface area contributed by atoms with E-state index in [0.29, 0.717) is 18.4 Å². The molecular weight excluding hydrogens is 332 g/mol. The van der Waals surface area contributed by atoms with Crippen molar-refractivity contribution < 1.29 is 14.5 Å². The van der Waals surface area contributed by atoms with Crippen molar-refractivity contribution in [2.24, 2.45) is 4.99 Å². The first kappa shape index (κ1) is 17.8. The second kappa shape index (κ2) is 7.47. The molecule has 0 saturated carbocycles. The summed E-state index contributed by atoms with van der Waals surface area (Å²) in [4.78, 5) is 28.4. The number of carbonyl (C=O) groups is 1. The number of hydrogen-bond acceptors (Lipinski definition) is 5. The van der Waals surface area contributed by atoms with E-state index in [1.807, 2.05) is 48.5 Å². The van der Waals surface area contributed by atoms with E-state index in [4.69, 9.17) is 9.73 Å². The molecule has 1 aliphatic rings. The number of nitro groups is 1. The average molecular weight is 352 g/mol. The third-order valence-electron chi connectivity index (χ3n) is 4.83. The molecule has 0 saturated heterocycles. The van der Waals surface area contributed by atoms with Crippen molar-refractivity contribution in [1.29, 1.82) is 0 Å². The van der Waals surface area contributed by atoms with Gasteiger partial charge in [0.25, 0.3) is 0 Å². The van der Waals surface area contributed by atoms with Gasteiger partial charge in [0.1, 0.15) is 0 Å². The highest BCUT2D eigenvalue weighted by Gasteiger charge is 2.52. The Morgan fingerprint density at radius 3 is 2.38 bits per heavy atom. The summed E-state index contributed by atoms with van der Waals surface area (Å²) >= 11 is 0. The van der Waals surface area contributed by atoms with Crippen LogP contribution in [0.3, 0.4) is 0 Å². The molecular formula is C20H20N2O4. The van der Waals surface area contributed by atoms with Gasteiger partial charge < -0.3 is 4.74 Å². The Morgan fingerprint density at radius 2 is 1.81 bits per heavy atom. The van der Waals surface area contributed by atoms with Gasteiger partial charge in [-0.2, -0.15) is 0 Å². The third-order valence-corrected chi connectivity index (χ3v) is 4.83.